The molecule has 0 unspecified atom stereocenters. The fraction of sp³-hybridized carbons (Fsp3) is 0.412. The number of hydrogen-bond acceptors (Lipinski definition) is 5. The lowest BCUT2D eigenvalue weighted by Crippen LogP contribution is -2.35. The summed E-state index contributed by atoms with van der Waals surface area (Å²) in [4.78, 5) is 26.0. The number of carbonyl (C=O) groups excluding carboxylic acids is 2. The molecule has 6 heteroatoms. The third kappa shape index (κ3) is 3.82. The number of thiophene rings is 1. The van der Waals surface area contributed by atoms with E-state index in [0.29, 0.717) is 10.6 Å². The van der Waals surface area contributed by atoms with Crippen LogP contribution in [0.5, 0.6) is 0 Å². The number of esters is 1. The van der Waals surface area contributed by atoms with Crippen molar-refractivity contribution in [2.24, 2.45) is 0 Å². The molecule has 0 fully saturated rings. The molecule has 0 saturated carbocycles. The second-order valence-electron chi connectivity index (χ2n) is 5.61. The van der Waals surface area contributed by atoms with Crippen molar-refractivity contribution in [2.75, 3.05) is 0 Å². The minimum atomic E-state index is -0.836. The van der Waals surface area contributed by atoms with Crippen LogP contribution in [-0.2, 0) is 28.9 Å². The van der Waals surface area contributed by atoms with E-state index in [1.807, 2.05) is 6.07 Å². The highest BCUT2D eigenvalue weighted by Gasteiger charge is 2.22. The van der Waals surface area contributed by atoms with Crippen LogP contribution in [0.3, 0.4) is 0 Å². The van der Waals surface area contributed by atoms with E-state index in [9.17, 15) is 9.59 Å². The van der Waals surface area contributed by atoms with Gasteiger partial charge in [-0.15, -0.1) is 11.3 Å². The normalized spacial score (nSPS) is 14.8. The Kier molecular flexibility index (Phi) is 4.81. The average Bonchev–Trinajstić information content (AvgIpc) is 3.21. The van der Waals surface area contributed by atoms with E-state index in [4.69, 9.17) is 9.15 Å². The van der Waals surface area contributed by atoms with Crippen LogP contribution in [0.1, 0.15) is 45.6 Å². The van der Waals surface area contributed by atoms with Gasteiger partial charge in [-0.25, -0.2) is 4.79 Å². The fourth-order valence-corrected chi connectivity index (χ4v) is 3.73. The van der Waals surface area contributed by atoms with Crippen molar-refractivity contribution in [3.63, 3.8) is 0 Å². The standard InChI is InChI=1S/C17H19NO4S/c1-11(16(19)18-10-13-6-4-8-21-13)22-17(20)15-9-12-5-2-3-7-14(12)23-15/h4,6,8-9,11H,2-3,5,7,10H2,1H3,(H,18,19)/t11-/m0/s1. The highest BCUT2D eigenvalue weighted by molar-refractivity contribution is 7.14. The number of furan rings is 1. The Morgan fingerprint density at radius 2 is 2.22 bits per heavy atom. The number of amides is 1. The largest absolute Gasteiger partial charge is 0.467 e. The van der Waals surface area contributed by atoms with Crippen molar-refractivity contribution in [3.05, 3.63) is 45.5 Å². The van der Waals surface area contributed by atoms with Crippen molar-refractivity contribution in [1.82, 2.24) is 5.32 Å². The summed E-state index contributed by atoms with van der Waals surface area (Å²) in [7, 11) is 0. The lowest BCUT2D eigenvalue weighted by atomic mass is 9.99. The van der Waals surface area contributed by atoms with Gasteiger partial charge in [0.25, 0.3) is 5.91 Å². The van der Waals surface area contributed by atoms with E-state index >= 15 is 0 Å². The zero-order valence-electron chi connectivity index (χ0n) is 13.0. The first kappa shape index (κ1) is 15.8. The maximum absolute atomic E-state index is 12.2. The second-order valence-corrected chi connectivity index (χ2v) is 6.75. The third-order valence-corrected chi connectivity index (χ3v) is 5.08. The average molecular weight is 333 g/mol. The van der Waals surface area contributed by atoms with Gasteiger partial charge in [-0.1, -0.05) is 0 Å². The summed E-state index contributed by atoms with van der Waals surface area (Å²) < 4.78 is 10.4. The van der Waals surface area contributed by atoms with Crippen LogP contribution in [0.15, 0.2) is 28.9 Å². The molecule has 1 amide bonds. The second kappa shape index (κ2) is 7.00. The van der Waals surface area contributed by atoms with Crippen molar-refractivity contribution < 1.29 is 18.7 Å². The van der Waals surface area contributed by atoms with Gasteiger partial charge in [-0.3, -0.25) is 4.79 Å². The lowest BCUT2D eigenvalue weighted by Gasteiger charge is -2.12. The Labute approximate surface area is 138 Å². The van der Waals surface area contributed by atoms with E-state index in [-0.39, 0.29) is 12.5 Å². The number of carbonyl (C=O) groups is 2. The Bertz CT molecular complexity index is 666. The van der Waals surface area contributed by atoms with Crippen LogP contribution in [0, 0.1) is 0 Å². The van der Waals surface area contributed by atoms with Crippen molar-refractivity contribution >= 4 is 23.2 Å². The first-order valence-electron chi connectivity index (χ1n) is 7.76. The van der Waals surface area contributed by atoms with Gasteiger partial charge in [-0.05, 0) is 56.4 Å². The summed E-state index contributed by atoms with van der Waals surface area (Å²) in [5.41, 5.74) is 1.25. The lowest BCUT2D eigenvalue weighted by molar-refractivity contribution is -0.129. The van der Waals surface area contributed by atoms with Crippen molar-refractivity contribution in [2.45, 2.75) is 45.3 Å². The molecular weight excluding hydrogens is 314 g/mol. The number of nitrogens with one attached hydrogen (secondary N) is 1. The molecule has 2 aromatic rings. The maximum Gasteiger partial charge on any atom is 0.349 e. The van der Waals surface area contributed by atoms with Crippen LogP contribution in [0.2, 0.25) is 0 Å². The molecule has 0 spiro atoms. The molecule has 1 aliphatic rings. The molecule has 1 N–H and O–H groups in total. The molecule has 0 aliphatic heterocycles. The predicted octanol–water partition coefficient (Wildman–Crippen LogP) is 3.08. The summed E-state index contributed by atoms with van der Waals surface area (Å²) in [5, 5.41) is 2.68. The Morgan fingerprint density at radius 3 is 2.96 bits per heavy atom. The van der Waals surface area contributed by atoms with Crippen molar-refractivity contribution in [3.8, 4) is 0 Å². The van der Waals surface area contributed by atoms with Crippen LogP contribution in [0.4, 0.5) is 0 Å². The van der Waals surface area contributed by atoms with E-state index < -0.39 is 12.1 Å². The maximum atomic E-state index is 12.2. The molecule has 1 atom stereocenters. The predicted molar refractivity (Wildman–Crippen MR) is 86.4 cm³/mol. The summed E-state index contributed by atoms with van der Waals surface area (Å²) in [6.45, 7) is 1.85. The number of fused-ring (bicyclic) bond motifs is 1. The molecule has 0 aromatic carbocycles. The van der Waals surface area contributed by atoms with Gasteiger partial charge >= 0.3 is 5.97 Å². The molecule has 5 nitrogen and oxygen atoms in total. The minimum absolute atomic E-state index is 0.279. The molecule has 0 radical (unpaired) electrons. The first-order valence-corrected chi connectivity index (χ1v) is 8.58. The van der Waals surface area contributed by atoms with Crippen molar-refractivity contribution in [1.29, 1.82) is 0 Å². The van der Waals surface area contributed by atoms with Crippen LogP contribution in [0.25, 0.3) is 0 Å². The summed E-state index contributed by atoms with van der Waals surface area (Å²) in [6, 6.07) is 5.44. The molecule has 23 heavy (non-hydrogen) atoms. The zero-order valence-corrected chi connectivity index (χ0v) is 13.8. The Morgan fingerprint density at radius 1 is 1.39 bits per heavy atom. The Balaban J connectivity index is 1.54. The highest BCUT2D eigenvalue weighted by Crippen LogP contribution is 2.30. The van der Waals surface area contributed by atoms with Gasteiger partial charge in [0.05, 0.1) is 12.8 Å². The van der Waals surface area contributed by atoms with Gasteiger partial charge in [0, 0.05) is 4.88 Å². The van der Waals surface area contributed by atoms with E-state index in [0.717, 1.165) is 12.8 Å². The number of ether oxygens (including phenoxy) is 1. The number of aryl methyl sites for hydroxylation is 2. The van der Waals surface area contributed by atoms with E-state index in [2.05, 4.69) is 5.32 Å². The minimum Gasteiger partial charge on any atom is -0.467 e. The molecular formula is C17H19NO4S. The smallest absolute Gasteiger partial charge is 0.349 e. The number of hydrogen-bond donors (Lipinski definition) is 1. The fourth-order valence-electron chi connectivity index (χ4n) is 2.59. The molecule has 2 aromatic heterocycles. The summed E-state index contributed by atoms with van der Waals surface area (Å²) in [6.07, 6.45) is 5.11. The molecule has 122 valence electrons. The monoisotopic (exact) mass is 333 g/mol. The first-order chi connectivity index (χ1) is 11.1. The van der Waals surface area contributed by atoms with Crippen LogP contribution < -0.4 is 5.32 Å². The zero-order chi connectivity index (χ0) is 16.2. The van der Waals surface area contributed by atoms with Crippen LogP contribution >= 0.6 is 11.3 Å². The van der Waals surface area contributed by atoms with Gasteiger partial charge in [0.1, 0.15) is 10.6 Å². The summed E-state index contributed by atoms with van der Waals surface area (Å²) in [5.74, 6) is -0.107. The van der Waals surface area contributed by atoms with E-state index in [1.54, 1.807) is 25.3 Å². The quantitative estimate of drug-likeness (QED) is 0.854. The van der Waals surface area contributed by atoms with Gasteiger partial charge in [0.2, 0.25) is 0 Å². The van der Waals surface area contributed by atoms with Gasteiger partial charge < -0.3 is 14.5 Å². The number of rotatable bonds is 5. The molecule has 2 heterocycles. The molecule has 1 aliphatic carbocycles. The summed E-state index contributed by atoms with van der Waals surface area (Å²) >= 11 is 1.49. The molecule has 3 rings (SSSR count). The topological polar surface area (TPSA) is 68.5 Å². The van der Waals surface area contributed by atoms with Crippen LogP contribution in [-0.4, -0.2) is 18.0 Å². The molecule has 0 saturated heterocycles. The van der Waals surface area contributed by atoms with Gasteiger partial charge in [-0.2, -0.15) is 0 Å². The third-order valence-electron chi connectivity index (χ3n) is 3.87. The van der Waals surface area contributed by atoms with E-state index in [1.165, 1.54) is 34.6 Å². The Hall–Kier alpha value is -2.08. The molecule has 0 bridgehead atoms. The SMILES string of the molecule is C[C@H](OC(=O)c1cc2c(s1)CCCC2)C(=O)NCc1ccco1. The van der Waals surface area contributed by atoms with Gasteiger partial charge in [0.15, 0.2) is 6.10 Å². The highest BCUT2D eigenvalue weighted by atomic mass is 32.1.